The number of hydrogen-bond acceptors (Lipinski definition) is 4. The maximum atomic E-state index is 12.6. The number of carbonyl (C=O) groups is 1. The minimum Gasteiger partial charge on any atom is -0.314 e. The molecular weight excluding hydrogens is 354 g/mol. The second-order valence-electron chi connectivity index (χ2n) is 6.40. The molecular formula is C20H25N7O. The van der Waals surface area contributed by atoms with Crippen molar-refractivity contribution in [2.45, 2.75) is 13.8 Å². The lowest BCUT2D eigenvalue weighted by atomic mass is 10.1. The van der Waals surface area contributed by atoms with Gasteiger partial charge in [-0.05, 0) is 33.0 Å². The van der Waals surface area contributed by atoms with Gasteiger partial charge in [-0.25, -0.2) is 9.48 Å². The molecule has 0 spiro atoms. The molecule has 0 saturated heterocycles. The summed E-state index contributed by atoms with van der Waals surface area (Å²) in [4.78, 5) is 12.6. The molecule has 2 aromatic heterocycles. The lowest BCUT2D eigenvalue weighted by molar-refractivity contribution is 0.254. The highest BCUT2D eigenvalue weighted by Gasteiger charge is 2.20. The lowest BCUT2D eigenvalue weighted by Crippen LogP contribution is -2.32. The van der Waals surface area contributed by atoms with Crippen molar-refractivity contribution in [3.05, 3.63) is 60.1 Å². The van der Waals surface area contributed by atoms with Gasteiger partial charge in [-0.15, -0.1) is 0 Å². The van der Waals surface area contributed by atoms with E-state index in [9.17, 15) is 4.79 Å². The normalized spacial score (nSPS) is 11.5. The number of carbonyl (C=O) groups excluding carboxylic acids is 1. The fourth-order valence-corrected chi connectivity index (χ4v) is 2.91. The topological polar surface area (TPSA) is 88.8 Å². The number of likely N-dealkylation sites (N-methyl/N-ethyl adjacent to an activating group) is 1. The molecule has 0 bridgehead atoms. The van der Waals surface area contributed by atoms with Gasteiger partial charge in [-0.1, -0.05) is 24.3 Å². The number of benzene rings is 1. The van der Waals surface area contributed by atoms with E-state index in [4.69, 9.17) is 5.10 Å². The minimum atomic E-state index is -0.318. The van der Waals surface area contributed by atoms with E-state index in [1.165, 1.54) is 0 Å². The van der Waals surface area contributed by atoms with Crippen molar-refractivity contribution in [1.82, 2.24) is 30.2 Å². The zero-order valence-electron chi connectivity index (χ0n) is 16.5. The SMILES string of the molecule is C/C=C(\CNC)NC(=O)Nc1c(C)c(-c2cnn(C)c2)nn1-c1ccccc1. The van der Waals surface area contributed by atoms with Crippen LogP contribution in [0.25, 0.3) is 16.9 Å². The maximum absolute atomic E-state index is 12.6. The molecule has 0 unspecified atom stereocenters. The van der Waals surface area contributed by atoms with Gasteiger partial charge in [-0.2, -0.15) is 10.2 Å². The van der Waals surface area contributed by atoms with Crippen molar-refractivity contribution in [2.75, 3.05) is 18.9 Å². The highest BCUT2D eigenvalue weighted by molar-refractivity contribution is 5.91. The molecule has 0 atom stereocenters. The van der Waals surface area contributed by atoms with Crippen LogP contribution in [0.3, 0.4) is 0 Å². The second kappa shape index (κ2) is 8.53. The molecule has 8 nitrogen and oxygen atoms in total. The number of nitrogens with zero attached hydrogens (tertiary/aromatic N) is 4. The lowest BCUT2D eigenvalue weighted by Gasteiger charge is -2.13. The predicted octanol–water partition coefficient (Wildman–Crippen LogP) is 2.83. The van der Waals surface area contributed by atoms with Gasteiger partial charge >= 0.3 is 6.03 Å². The summed E-state index contributed by atoms with van der Waals surface area (Å²) < 4.78 is 3.47. The fourth-order valence-electron chi connectivity index (χ4n) is 2.91. The van der Waals surface area contributed by atoms with Crippen LogP contribution in [0.4, 0.5) is 10.6 Å². The van der Waals surface area contributed by atoms with Gasteiger partial charge in [0.2, 0.25) is 0 Å². The van der Waals surface area contributed by atoms with Gasteiger partial charge in [-0.3, -0.25) is 10.00 Å². The number of hydrogen-bond donors (Lipinski definition) is 3. The van der Waals surface area contributed by atoms with E-state index in [2.05, 4.69) is 21.0 Å². The summed E-state index contributed by atoms with van der Waals surface area (Å²) in [6.45, 7) is 4.39. The number of rotatable bonds is 6. The van der Waals surface area contributed by atoms with E-state index in [1.54, 1.807) is 15.6 Å². The molecule has 3 aromatic rings. The van der Waals surface area contributed by atoms with Gasteiger partial charge in [0, 0.05) is 36.6 Å². The van der Waals surface area contributed by atoms with Crippen molar-refractivity contribution in [3.8, 4) is 16.9 Å². The monoisotopic (exact) mass is 379 g/mol. The number of para-hydroxylation sites is 1. The van der Waals surface area contributed by atoms with Crippen LogP contribution in [0.1, 0.15) is 12.5 Å². The molecule has 146 valence electrons. The highest BCUT2D eigenvalue weighted by Crippen LogP contribution is 2.30. The number of amides is 2. The minimum absolute atomic E-state index is 0.318. The first-order valence-electron chi connectivity index (χ1n) is 9.05. The molecule has 0 aliphatic rings. The van der Waals surface area contributed by atoms with Crippen molar-refractivity contribution in [1.29, 1.82) is 0 Å². The Kier molecular flexibility index (Phi) is 5.90. The number of aromatic nitrogens is 4. The van der Waals surface area contributed by atoms with Gasteiger partial charge in [0.15, 0.2) is 0 Å². The van der Waals surface area contributed by atoms with Gasteiger partial charge in [0.1, 0.15) is 11.5 Å². The fraction of sp³-hybridized carbons (Fsp3) is 0.250. The summed E-state index contributed by atoms with van der Waals surface area (Å²) in [5, 5.41) is 17.8. The zero-order valence-corrected chi connectivity index (χ0v) is 16.5. The van der Waals surface area contributed by atoms with Gasteiger partial charge < -0.3 is 10.6 Å². The maximum Gasteiger partial charge on any atom is 0.324 e. The number of allylic oxidation sites excluding steroid dienone is 1. The first kappa shape index (κ1) is 19.4. The van der Waals surface area contributed by atoms with Crippen LogP contribution in [0.5, 0.6) is 0 Å². The Morgan fingerprint density at radius 1 is 1.25 bits per heavy atom. The largest absolute Gasteiger partial charge is 0.324 e. The van der Waals surface area contributed by atoms with Gasteiger partial charge in [0.25, 0.3) is 0 Å². The van der Waals surface area contributed by atoms with E-state index < -0.39 is 0 Å². The van der Waals surface area contributed by atoms with Crippen molar-refractivity contribution in [3.63, 3.8) is 0 Å². The zero-order chi connectivity index (χ0) is 20.1. The number of urea groups is 1. The molecule has 0 aliphatic carbocycles. The Bertz CT molecular complexity index is 985. The van der Waals surface area contributed by atoms with Crippen molar-refractivity contribution in [2.24, 2.45) is 7.05 Å². The molecule has 0 radical (unpaired) electrons. The van der Waals surface area contributed by atoms with Crippen molar-refractivity contribution < 1.29 is 4.79 Å². The van der Waals surface area contributed by atoms with E-state index in [0.29, 0.717) is 12.4 Å². The number of nitrogens with one attached hydrogen (secondary N) is 3. The van der Waals surface area contributed by atoms with Crippen molar-refractivity contribution >= 4 is 11.8 Å². The third-order valence-corrected chi connectivity index (χ3v) is 4.32. The molecule has 28 heavy (non-hydrogen) atoms. The average Bonchev–Trinajstić information content (AvgIpc) is 3.26. The number of anilines is 1. The molecule has 3 rings (SSSR count). The summed E-state index contributed by atoms with van der Waals surface area (Å²) >= 11 is 0. The van der Waals surface area contributed by atoms with Gasteiger partial charge in [0.05, 0.1) is 11.9 Å². The molecule has 2 amide bonds. The van der Waals surface area contributed by atoms with Crippen LogP contribution in [0, 0.1) is 6.92 Å². The van der Waals surface area contributed by atoms with E-state index in [-0.39, 0.29) is 6.03 Å². The molecule has 2 heterocycles. The molecule has 3 N–H and O–H groups in total. The second-order valence-corrected chi connectivity index (χ2v) is 6.40. The highest BCUT2D eigenvalue weighted by atomic mass is 16.2. The van der Waals surface area contributed by atoms with Crippen LogP contribution in [0.2, 0.25) is 0 Å². The Hall–Kier alpha value is -3.39. The Balaban J connectivity index is 1.98. The van der Waals surface area contributed by atoms with E-state index in [0.717, 1.165) is 28.2 Å². The molecule has 1 aromatic carbocycles. The standard InChI is InChI=1S/C20H25N7O/c1-5-16(12-21-3)23-20(28)24-19-14(2)18(15-11-22-26(4)13-15)25-27(19)17-9-7-6-8-10-17/h5-11,13,21H,12H2,1-4H3,(H2,23,24,28)/b16-5+. The summed E-state index contributed by atoms with van der Waals surface area (Å²) in [5.74, 6) is 0.613. The molecule has 8 heteroatoms. The quantitative estimate of drug-likeness (QED) is 0.614. The Morgan fingerprint density at radius 2 is 2.00 bits per heavy atom. The Morgan fingerprint density at radius 3 is 2.61 bits per heavy atom. The van der Waals surface area contributed by atoms with Crippen LogP contribution in [-0.2, 0) is 7.05 Å². The summed E-state index contributed by atoms with van der Waals surface area (Å²) in [7, 11) is 3.69. The Labute approximate surface area is 164 Å². The molecule has 0 saturated carbocycles. The van der Waals surface area contributed by atoms with E-state index in [1.807, 2.05) is 70.5 Å². The summed E-state index contributed by atoms with van der Waals surface area (Å²) in [5.41, 5.74) is 4.17. The number of aryl methyl sites for hydroxylation is 1. The third kappa shape index (κ3) is 4.12. The van der Waals surface area contributed by atoms with Crippen LogP contribution in [-0.4, -0.2) is 39.2 Å². The summed E-state index contributed by atoms with van der Waals surface area (Å²) in [6.07, 6.45) is 5.53. The van der Waals surface area contributed by atoms with E-state index >= 15 is 0 Å². The summed E-state index contributed by atoms with van der Waals surface area (Å²) in [6, 6.07) is 9.39. The average molecular weight is 379 g/mol. The van der Waals surface area contributed by atoms with Crippen LogP contribution in [0.15, 0.2) is 54.5 Å². The van der Waals surface area contributed by atoms with Crippen LogP contribution < -0.4 is 16.0 Å². The molecule has 0 aliphatic heterocycles. The molecule has 0 fully saturated rings. The predicted molar refractivity (Wildman–Crippen MR) is 110 cm³/mol. The third-order valence-electron chi connectivity index (χ3n) is 4.32. The first-order chi connectivity index (χ1) is 13.5. The first-order valence-corrected chi connectivity index (χ1v) is 9.05. The smallest absolute Gasteiger partial charge is 0.314 e. The van der Waals surface area contributed by atoms with Crippen LogP contribution >= 0.6 is 0 Å².